The number of ether oxygens (including phenoxy) is 2. The summed E-state index contributed by atoms with van der Waals surface area (Å²) >= 11 is 0. The predicted molar refractivity (Wildman–Crippen MR) is 153 cm³/mol. The van der Waals surface area contributed by atoms with Gasteiger partial charge < -0.3 is 18.3 Å². The van der Waals surface area contributed by atoms with Gasteiger partial charge in [0.1, 0.15) is 17.3 Å². The third kappa shape index (κ3) is 6.31. The first-order chi connectivity index (χ1) is 19.3. The standard InChI is InChI=1S/C33H38N2O5/c1-5-37-32(36)33(3,4)40-30-18-17-25(27-15-9-10-16-28(27)30)20-35(21-26-14-11-19-38-26)22-29-23(2)39-31(34-29)24-12-7-6-8-13-24/h6-8,11-14,17-19H,5,9-10,15-16,20-22H2,1-4H3. The number of benzene rings is 2. The first-order valence-corrected chi connectivity index (χ1v) is 14.1. The summed E-state index contributed by atoms with van der Waals surface area (Å²) in [7, 11) is 0. The number of carbonyl (C=O) groups is 1. The summed E-state index contributed by atoms with van der Waals surface area (Å²) < 4.78 is 23.3. The van der Waals surface area contributed by atoms with E-state index in [1.54, 1.807) is 20.1 Å². The molecule has 0 unspecified atom stereocenters. The van der Waals surface area contributed by atoms with Crippen molar-refractivity contribution in [3.8, 4) is 17.2 Å². The molecule has 0 N–H and O–H groups in total. The second-order valence-electron chi connectivity index (χ2n) is 10.8. The Labute approximate surface area is 236 Å². The van der Waals surface area contributed by atoms with Crippen LogP contribution >= 0.6 is 0 Å². The largest absolute Gasteiger partial charge is 0.476 e. The first kappa shape index (κ1) is 27.7. The zero-order valence-electron chi connectivity index (χ0n) is 23.9. The van der Waals surface area contributed by atoms with E-state index in [9.17, 15) is 4.79 Å². The maximum atomic E-state index is 12.5. The maximum absolute atomic E-state index is 12.5. The Morgan fingerprint density at radius 2 is 1.75 bits per heavy atom. The molecule has 0 amide bonds. The number of furan rings is 1. The monoisotopic (exact) mass is 542 g/mol. The lowest BCUT2D eigenvalue weighted by Gasteiger charge is -2.30. The average molecular weight is 543 g/mol. The summed E-state index contributed by atoms with van der Waals surface area (Å²) in [6.07, 6.45) is 5.85. The topological polar surface area (TPSA) is 77.9 Å². The minimum atomic E-state index is -1.06. The van der Waals surface area contributed by atoms with Crippen molar-refractivity contribution in [1.29, 1.82) is 0 Å². The van der Waals surface area contributed by atoms with Crippen LogP contribution in [0.1, 0.15) is 67.5 Å². The second-order valence-corrected chi connectivity index (χ2v) is 10.8. The Kier molecular flexibility index (Phi) is 8.40. The van der Waals surface area contributed by atoms with Crippen LogP contribution in [0.2, 0.25) is 0 Å². The molecule has 0 saturated heterocycles. The third-order valence-electron chi connectivity index (χ3n) is 7.36. The molecular formula is C33H38N2O5. The minimum absolute atomic E-state index is 0.325. The lowest BCUT2D eigenvalue weighted by Crippen LogP contribution is -2.40. The van der Waals surface area contributed by atoms with Gasteiger partial charge in [-0.1, -0.05) is 24.3 Å². The molecule has 0 fully saturated rings. The van der Waals surface area contributed by atoms with Crippen molar-refractivity contribution in [3.05, 3.63) is 94.8 Å². The fourth-order valence-electron chi connectivity index (χ4n) is 5.30. The van der Waals surface area contributed by atoms with Gasteiger partial charge in [-0.25, -0.2) is 9.78 Å². The van der Waals surface area contributed by atoms with E-state index in [4.69, 9.17) is 23.3 Å². The maximum Gasteiger partial charge on any atom is 0.349 e. The van der Waals surface area contributed by atoms with Crippen LogP contribution in [0.25, 0.3) is 11.5 Å². The van der Waals surface area contributed by atoms with Gasteiger partial charge in [0.2, 0.25) is 5.89 Å². The molecule has 2 aromatic heterocycles. The van der Waals surface area contributed by atoms with E-state index in [-0.39, 0.29) is 5.97 Å². The van der Waals surface area contributed by atoms with Gasteiger partial charge in [0, 0.05) is 18.7 Å². The lowest BCUT2D eigenvalue weighted by atomic mass is 9.87. The summed E-state index contributed by atoms with van der Waals surface area (Å²) in [6, 6.07) is 18.1. The Bertz CT molecular complexity index is 1420. The number of hydrogen-bond donors (Lipinski definition) is 0. The van der Waals surface area contributed by atoms with Crippen molar-refractivity contribution in [2.24, 2.45) is 0 Å². The molecule has 40 heavy (non-hydrogen) atoms. The lowest BCUT2D eigenvalue weighted by molar-refractivity contribution is -0.158. The van der Waals surface area contributed by atoms with E-state index in [0.29, 0.717) is 25.6 Å². The van der Waals surface area contributed by atoms with E-state index in [0.717, 1.165) is 60.8 Å². The van der Waals surface area contributed by atoms with E-state index in [1.807, 2.05) is 62.4 Å². The summed E-state index contributed by atoms with van der Waals surface area (Å²) in [5, 5.41) is 0. The van der Waals surface area contributed by atoms with Gasteiger partial charge in [0.15, 0.2) is 5.60 Å². The number of esters is 1. The number of fused-ring (bicyclic) bond motifs is 1. The molecular weight excluding hydrogens is 504 g/mol. The highest BCUT2D eigenvalue weighted by atomic mass is 16.6. The van der Waals surface area contributed by atoms with Crippen LogP contribution in [0.4, 0.5) is 0 Å². The van der Waals surface area contributed by atoms with E-state index in [2.05, 4.69) is 11.0 Å². The molecule has 5 rings (SSSR count). The van der Waals surface area contributed by atoms with Crippen molar-refractivity contribution in [3.63, 3.8) is 0 Å². The van der Waals surface area contributed by atoms with Gasteiger partial charge >= 0.3 is 5.97 Å². The van der Waals surface area contributed by atoms with Gasteiger partial charge in [-0.3, -0.25) is 4.90 Å². The van der Waals surface area contributed by atoms with Crippen LogP contribution in [-0.2, 0) is 42.0 Å². The summed E-state index contributed by atoms with van der Waals surface area (Å²) in [4.78, 5) is 19.7. The highest BCUT2D eigenvalue weighted by Gasteiger charge is 2.33. The number of oxazole rings is 1. The molecule has 7 nitrogen and oxygen atoms in total. The van der Waals surface area contributed by atoms with Crippen LogP contribution in [0.15, 0.2) is 69.7 Å². The molecule has 7 heteroatoms. The molecule has 2 aromatic carbocycles. The van der Waals surface area contributed by atoms with Crippen molar-refractivity contribution >= 4 is 5.97 Å². The molecule has 2 heterocycles. The quantitative estimate of drug-likeness (QED) is 0.188. The van der Waals surface area contributed by atoms with Crippen molar-refractivity contribution in [1.82, 2.24) is 9.88 Å². The van der Waals surface area contributed by atoms with Crippen molar-refractivity contribution in [2.45, 2.75) is 78.6 Å². The number of aryl methyl sites for hydroxylation is 1. The van der Waals surface area contributed by atoms with Gasteiger partial charge in [0.05, 0.1) is 25.1 Å². The second kappa shape index (κ2) is 12.1. The molecule has 4 aromatic rings. The van der Waals surface area contributed by atoms with Gasteiger partial charge in [-0.05, 0) is 100 Å². The fraction of sp³-hybridized carbons (Fsp3) is 0.394. The Morgan fingerprint density at radius 1 is 0.975 bits per heavy atom. The summed E-state index contributed by atoms with van der Waals surface area (Å²) in [6.45, 7) is 9.62. The highest BCUT2D eigenvalue weighted by Crippen LogP contribution is 2.35. The molecule has 0 atom stereocenters. The smallest absolute Gasteiger partial charge is 0.349 e. The van der Waals surface area contributed by atoms with Crippen LogP contribution < -0.4 is 4.74 Å². The summed E-state index contributed by atoms with van der Waals surface area (Å²) in [5.41, 5.74) is 4.58. The number of nitrogens with zero attached hydrogens (tertiary/aromatic N) is 2. The fourth-order valence-corrected chi connectivity index (χ4v) is 5.30. The van der Waals surface area contributed by atoms with Gasteiger partial charge in [-0.15, -0.1) is 0 Å². The van der Waals surface area contributed by atoms with Crippen LogP contribution in [0, 0.1) is 6.92 Å². The molecule has 0 bridgehead atoms. The van der Waals surface area contributed by atoms with Crippen LogP contribution in [0.3, 0.4) is 0 Å². The van der Waals surface area contributed by atoms with Gasteiger partial charge in [-0.2, -0.15) is 0 Å². The Morgan fingerprint density at radius 3 is 2.48 bits per heavy atom. The van der Waals surface area contributed by atoms with E-state index < -0.39 is 5.60 Å². The Balaban J connectivity index is 1.42. The zero-order valence-corrected chi connectivity index (χ0v) is 23.9. The first-order valence-electron chi connectivity index (χ1n) is 14.1. The Hall–Kier alpha value is -3.84. The number of carbonyl (C=O) groups excluding carboxylic acids is 1. The molecule has 1 aliphatic rings. The number of hydrogen-bond acceptors (Lipinski definition) is 7. The highest BCUT2D eigenvalue weighted by molar-refractivity contribution is 5.79. The van der Waals surface area contributed by atoms with Crippen LogP contribution in [-0.4, -0.2) is 28.1 Å². The SMILES string of the molecule is CCOC(=O)C(C)(C)Oc1ccc(CN(Cc2ccco2)Cc2nc(-c3ccccc3)oc2C)c2c1CCCC2. The molecule has 1 aliphatic carbocycles. The zero-order chi connectivity index (χ0) is 28.1. The molecule has 0 saturated carbocycles. The molecule has 210 valence electrons. The third-order valence-corrected chi connectivity index (χ3v) is 7.36. The molecule has 0 radical (unpaired) electrons. The van der Waals surface area contributed by atoms with E-state index in [1.165, 1.54) is 16.7 Å². The normalized spacial score (nSPS) is 13.3. The number of rotatable bonds is 11. The number of aromatic nitrogens is 1. The predicted octanol–water partition coefficient (Wildman–Crippen LogP) is 7.04. The van der Waals surface area contributed by atoms with Crippen LogP contribution in [0.5, 0.6) is 5.75 Å². The minimum Gasteiger partial charge on any atom is -0.476 e. The van der Waals surface area contributed by atoms with Crippen molar-refractivity contribution in [2.75, 3.05) is 6.61 Å². The van der Waals surface area contributed by atoms with Crippen molar-refractivity contribution < 1.29 is 23.1 Å². The van der Waals surface area contributed by atoms with Gasteiger partial charge in [0.25, 0.3) is 0 Å². The molecule has 0 spiro atoms. The molecule has 0 aliphatic heterocycles. The average Bonchev–Trinajstić information content (AvgIpc) is 3.60. The summed E-state index contributed by atoms with van der Waals surface area (Å²) in [5.74, 6) is 2.76. The van der Waals surface area contributed by atoms with E-state index >= 15 is 0 Å².